The van der Waals surface area contributed by atoms with Crippen LogP contribution in [0.15, 0.2) is 40.5 Å². The SMILES string of the molecule is Cc1ccc(CNC(=O)C2CCC(Cn3c(=S)[nH]c4ccsc4c3=O)CC2)cc1. The van der Waals surface area contributed by atoms with Crippen molar-refractivity contribution in [1.82, 2.24) is 14.9 Å². The molecule has 4 rings (SSSR count). The second kappa shape index (κ2) is 8.63. The van der Waals surface area contributed by atoms with Gasteiger partial charge in [0.25, 0.3) is 5.56 Å². The van der Waals surface area contributed by atoms with Gasteiger partial charge in [0.1, 0.15) is 4.70 Å². The zero-order valence-corrected chi connectivity index (χ0v) is 18.1. The van der Waals surface area contributed by atoms with Crippen LogP contribution in [0.3, 0.4) is 0 Å². The second-order valence-corrected chi connectivity index (χ2v) is 9.23. The van der Waals surface area contributed by atoms with Crippen molar-refractivity contribution in [2.75, 3.05) is 0 Å². The summed E-state index contributed by atoms with van der Waals surface area (Å²) in [5.74, 6) is 0.572. The molecular weight excluding hydrogens is 402 g/mol. The van der Waals surface area contributed by atoms with Gasteiger partial charge in [-0.1, -0.05) is 29.8 Å². The van der Waals surface area contributed by atoms with Crippen molar-refractivity contribution in [1.29, 1.82) is 0 Å². The fraction of sp³-hybridized carbons (Fsp3) is 0.409. The molecule has 7 heteroatoms. The quantitative estimate of drug-likeness (QED) is 0.587. The summed E-state index contributed by atoms with van der Waals surface area (Å²) in [6, 6.07) is 10.1. The van der Waals surface area contributed by atoms with Crippen molar-refractivity contribution >= 4 is 39.7 Å². The number of H-pyrrole nitrogens is 1. The van der Waals surface area contributed by atoms with Crippen LogP contribution in [0.4, 0.5) is 0 Å². The summed E-state index contributed by atoms with van der Waals surface area (Å²) in [6.45, 7) is 3.25. The van der Waals surface area contributed by atoms with Crippen molar-refractivity contribution < 1.29 is 4.79 Å². The highest BCUT2D eigenvalue weighted by Crippen LogP contribution is 2.30. The van der Waals surface area contributed by atoms with Crippen molar-refractivity contribution in [3.63, 3.8) is 0 Å². The molecule has 3 aromatic rings. The topological polar surface area (TPSA) is 66.9 Å². The molecule has 2 N–H and O–H groups in total. The number of aromatic nitrogens is 2. The second-order valence-electron chi connectivity index (χ2n) is 7.93. The number of aryl methyl sites for hydroxylation is 1. The monoisotopic (exact) mass is 427 g/mol. The van der Waals surface area contributed by atoms with Crippen LogP contribution in [0, 0.1) is 23.5 Å². The van der Waals surface area contributed by atoms with E-state index in [1.807, 2.05) is 11.4 Å². The molecule has 0 saturated heterocycles. The minimum absolute atomic E-state index is 0.00304. The van der Waals surface area contributed by atoms with Crippen LogP contribution in [0.2, 0.25) is 0 Å². The van der Waals surface area contributed by atoms with Gasteiger partial charge < -0.3 is 10.3 Å². The van der Waals surface area contributed by atoms with Gasteiger partial charge in [-0.2, -0.15) is 0 Å². The normalized spacial score (nSPS) is 19.3. The Balaban J connectivity index is 1.32. The van der Waals surface area contributed by atoms with E-state index < -0.39 is 0 Å². The fourth-order valence-electron chi connectivity index (χ4n) is 4.04. The number of benzene rings is 1. The lowest BCUT2D eigenvalue weighted by atomic mass is 9.81. The summed E-state index contributed by atoms with van der Waals surface area (Å²) >= 11 is 6.85. The molecular formula is C22H25N3O2S2. The van der Waals surface area contributed by atoms with Gasteiger partial charge in [-0.15, -0.1) is 11.3 Å². The van der Waals surface area contributed by atoms with Crippen LogP contribution in [0.1, 0.15) is 36.8 Å². The minimum Gasteiger partial charge on any atom is -0.352 e. The van der Waals surface area contributed by atoms with Crippen LogP contribution < -0.4 is 10.9 Å². The van der Waals surface area contributed by atoms with E-state index in [1.165, 1.54) is 16.9 Å². The van der Waals surface area contributed by atoms with E-state index in [1.54, 1.807) is 4.57 Å². The summed E-state index contributed by atoms with van der Waals surface area (Å²) in [6.07, 6.45) is 3.59. The predicted octanol–water partition coefficient (Wildman–Crippen LogP) is 4.55. The average molecular weight is 428 g/mol. The molecule has 1 saturated carbocycles. The Bertz CT molecular complexity index is 1120. The average Bonchev–Trinajstić information content (AvgIpc) is 3.19. The molecule has 5 nitrogen and oxygen atoms in total. The number of carbonyl (C=O) groups is 1. The third-order valence-electron chi connectivity index (χ3n) is 5.84. The van der Waals surface area contributed by atoms with E-state index in [-0.39, 0.29) is 17.4 Å². The Labute approximate surface area is 178 Å². The van der Waals surface area contributed by atoms with Crippen molar-refractivity contribution in [2.45, 2.75) is 45.7 Å². The number of amides is 1. The summed E-state index contributed by atoms with van der Waals surface area (Å²) in [4.78, 5) is 28.4. The van der Waals surface area contributed by atoms with E-state index in [9.17, 15) is 9.59 Å². The first-order chi connectivity index (χ1) is 14.0. The van der Waals surface area contributed by atoms with E-state index in [0.717, 1.165) is 41.5 Å². The minimum atomic E-state index is -0.00304. The highest BCUT2D eigenvalue weighted by atomic mass is 32.1. The van der Waals surface area contributed by atoms with Gasteiger partial charge in [0, 0.05) is 19.0 Å². The molecule has 2 heterocycles. The van der Waals surface area contributed by atoms with E-state index in [0.29, 0.717) is 23.8 Å². The highest BCUT2D eigenvalue weighted by molar-refractivity contribution is 7.71. The van der Waals surface area contributed by atoms with Crippen molar-refractivity contribution in [3.8, 4) is 0 Å². The number of nitrogens with zero attached hydrogens (tertiary/aromatic N) is 1. The number of hydrogen-bond acceptors (Lipinski definition) is 4. The smallest absolute Gasteiger partial charge is 0.272 e. The van der Waals surface area contributed by atoms with Gasteiger partial charge in [-0.25, -0.2) is 0 Å². The number of nitrogens with one attached hydrogen (secondary N) is 2. The molecule has 1 aromatic carbocycles. The molecule has 29 heavy (non-hydrogen) atoms. The largest absolute Gasteiger partial charge is 0.352 e. The molecule has 1 amide bonds. The molecule has 152 valence electrons. The molecule has 0 unspecified atom stereocenters. The van der Waals surface area contributed by atoms with Gasteiger partial charge in [0.15, 0.2) is 4.77 Å². The standard InChI is InChI=1S/C22H25N3O2S2/c1-14-2-4-15(5-3-14)12-23-20(26)17-8-6-16(7-9-17)13-25-21(27)19-18(10-11-29-19)24-22(25)28/h2-5,10-11,16-17H,6-9,12-13H2,1H3,(H,23,26)(H,24,28). The number of fused-ring (bicyclic) bond motifs is 1. The van der Waals surface area contributed by atoms with Crippen LogP contribution in [0.5, 0.6) is 0 Å². The molecule has 2 aromatic heterocycles. The number of aromatic amines is 1. The number of thiophene rings is 1. The van der Waals surface area contributed by atoms with Crippen LogP contribution in [-0.4, -0.2) is 15.5 Å². The van der Waals surface area contributed by atoms with Gasteiger partial charge in [-0.05, 0) is 67.8 Å². The molecule has 0 spiro atoms. The summed E-state index contributed by atoms with van der Waals surface area (Å²) in [5.41, 5.74) is 3.15. The van der Waals surface area contributed by atoms with Gasteiger partial charge in [0.05, 0.1) is 5.52 Å². The number of hydrogen-bond donors (Lipinski definition) is 2. The molecule has 1 aliphatic carbocycles. The Hall–Kier alpha value is -2.25. The predicted molar refractivity (Wildman–Crippen MR) is 120 cm³/mol. The lowest BCUT2D eigenvalue weighted by Gasteiger charge is -2.28. The first-order valence-corrected chi connectivity index (χ1v) is 11.3. The first-order valence-electron chi connectivity index (χ1n) is 10.0. The van der Waals surface area contributed by atoms with E-state index in [4.69, 9.17) is 12.2 Å². The Morgan fingerprint density at radius 3 is 2.66 bits per heavy atom. The Morgan fingerprint density at radius 2 is 1.93 bits per heavy atom. The number of carbonyl (C=O) groups excluding carboxylic acids is 1. The summed E-state index contributed by atoms with van der Waals surface area (Å²) in [5, 5.41) is 4.98. The Morgan fingerprint density at radius 1 is 1.21 bits per heavy atom. The van der Waals surface area contributed by atoms with E-state index in [2.05, 4.69) is 41.5 Å². The molecule has 1 fully saturated rings. The van der Waals surface area contributed by atoms with Gasteiger partial charge in [-0.3, -0.25) is 14.2 Å². The van der Waals surface area contributed by atoms with Gasteiger partial charge in [0.2, 0.25) is 5.91 Å². The molecule has 1 aliphatic rings. The van der Waals surface area contributed by atoms with Crippen LogP contribution in [0.25, 0.3) is 10.2 Å². The maximum atomic E-state index is 12.7. The van der Waals surface area contributed by atoms with Crippen molar-refractivity contribution in [3.05, 3.63) is 62.0 Å². The highest BCUT2D eigenvalue weighted by Gasteiger charge is 2.27. The number of rotatable bonds is 5. The summed E-state index contributed by atoms with van der Waals surface area (Å²) < 4.78 is 2.90. The molecule has 0 aliphatic heterocycles. The third-order valence-corrected chi connectivity index (χ3v) is 7.06. The lowest BCUT2D eigenvalue weighted by Crippen LogP contribution is -2.34. The first kappa shape index (κ1) is 20.0. The van der Waals surface area contributed by atoms with Crippen LogP contribution >= 0.6 is 23.6 Å². The maximum absolute atomic E-state index is 12.7. The summed E-state index contributed by atoms with van der Waals surface area (Å²) in [7, 11) is 0. The zero-order valence-electron chi connectivity index (χ0n) is 16.4. The van der Waals surface area contributed by atoms with Crippen LogP contribution in [-0.2, 0) is 17.9 Å². The molecule has 0 bridgehead atoms. The zero-order chi connectivity index (χ0) is 20.4. The maximum Gasteiger partial charge on any atom is 0.272 e. The third kappa shape index (κ3) is 4.51. The Kier molecular flexibility index (Phi) is 5.96. The lowest BCUT2D eigenvalue weighted by molar-refractivity contribution is -0.126. The molecule has 0 radical (unpaired) electrons. The van der Waals surface area contributed by atoms with Crippen molar-refractivity contribution in [2.24, 2.45) is 11.8 Å². The van der Waals surface area contributed by atoms with E-state index >= 15 is 0 Å². The van der Waals surface area contributed by atoms with Gasteiger partial charge >= 0.3 is 0 Å². The molecule has 0 atom stereocenters. The fourth-order valence-corrected chi connectivity index (χ4v) is 5.11.